The molecule has 0 saturated heterocycles. The molecular formula is C8H13NO3. The van der Waals surface area contributed by atoms with Crippen LogP contribution in [0.1, 0.15) is 19.8 Å². The molecule has 0 aliphatic rings. The van der Waals surface area contributed by atoms with Crippen LogP contribution in [0.3, 0.4) is 0 Å². The van der Waals surface area contributed by atoms with E-state index in [0.717, 1.165) is 0 Å². The molecule has 0 rings (SSSR count). The Balaban J connectivity index is 3.38. The van der Waals surface area contributed by atoms with Gasteiger partial charge in [-0.3, -0.25) is 9.59 Å². The van der Waals surface area contributed by atoms with Crippen molar-refractivity contribution in [2.24, 2.45) is 0 Å². The Hall–Kier alpha value is -1.32. The number of hydrogen-bond acceptors (Lipinski definition) is 2. The fourth-order valence-corrected chi connectivity index (χ4v) is 0.592. The molecule has 0 atom stereocenters. The summed E-state index contributed by atoms with van der Waals surface area (Å²) in [5.74, 6) is -1.07. The summed E-state index contributed by atoms with van der Waals surface area (Å²) in [5, 5.41) is 10.8. The summed E-state index contributed by atoms with van der Waals surface area (Å²) >= 11 is 0. The average molecular weight is 171 g/mol. The second-order valence-electron chi connectivity index (χ2n) is 2.53. The topological polar surface area (TPSA) is 66.4 Å². The van der Waals surface area contributed by atoms with E-state index in [2.05, 4.69) is 11.9 Å². The molecule has 0 radical (unpaired) electrons. The number of carboxylic acid groups (broad SMARTS) is 1. The zero-order valence-corrected chi connectivity index (χ0v) is 7.09. The number of carboxylic acids is 1. The Morgan fingerprint density at radius 2 is 2.08 bits per heavy atom. The van der Waals surface area contributed by atoms with Crippen molar-refractivity contribution in [1.82, 2.24) is 5.32 Å². The fraction of sp³-hybridized carbons (Fsp3) is 0.500. The SMILES string of the molecule is C=C(C)C(=O)NCCCC(=O)O. The predicted octanol–water partition coefficient (Wildman–Crippen LogP) is 0.544. The lowest BCUT2D eigenvalue weighted by Crippen LogP contribution is -2.25. The van der Waals surface area contributed by atoms with Crippen molar-refractivity contribution in [3.05, 3.63) is 12.2 Å². The van der Waals surface area contributed by atoms with E-state index in [1.165, 1.54) is 0 Å². The van der Waals surface area contributed by atoms with Crippen molar-refractivity contribution in [1.29, 1.82) is 0 Å². The van der Waals surface area contributed by atoms with Crippen LogP contribution in [0, 0.1) is 0 Å². The lowest BCUT2D eigenvalue weighted by atomic mass is 10.3. The molecule has 0 aromatic heterocycles. The third kappa shape index (κ3) is 5.46. The number of aliphatic carboxylic acids is 1. The Morgan fingerprint density at radius 3 is 2.50 bits per heavy atom. The average Bonchev–Trinajstić information content (AvgIpc) is 1.97. The molecule has 0 bridgehead atoms. The minimum absolute atomic E-state index is 0.0798. The lowest BCUT2D eigenvalue weighted by Gasteiger charge is -2.01. The smallest absolute Gasteiger partial charge is 0.303 e. The third-order valence-corrected chi connectivity index (χ3v) is 1.24. The van der Waals surface area contributed by atoms with Gasteiger partial charge in [0.1, 0.15) is 0 Å². The number of amides is 1. The highest BCUT2D eigenvalue weighted by molar-refractivity contribution is 5.92. The van der Waals surface area contributed by atoms with Gasteiger partial charge in [0, 0.05) is 18.5 Å². The minimum atomic E-state index is -0.848. The summed E-state index contributed by atoms with van der Waals surface area (Å²) in [5.41, 5.74) is 0.435. The molecule has 0 aromatic carbocycles. The number of hydrogen-bond donors (Lipinski definition) is 2. The minimum Gasteiger partial charge on any atom is -0.481 e. The van der Waals surface area contributed by atoms with Gasteiger partial charge in [0.25, 0.3) is 0 Å². The van der Waals surface area contributed by atoms with Crippen LogP contribution in [0.5, 0.6) is 0 Å². The van der Waals surface area contributed by atoms with Crippen LogP contribution in [0.15, 0.2) is 12.2 Å². The number of carbonyl (C=O) groups excluding carboxylic acids is 1. The van der Waals surface area contributed by atoms with Crippen LogP contribution >= 0.6 is 0 Å². The fourth-order valence-electron chi connectivity index (χ4n) is 0.592. The van der Waals surface area contributed by atoms with Crippen LogP contribution in [-0.4, -0.2) is 23.5 Å². The molecule has 0 unspecified atom stereocenters. The number of carbonyl (C=O) groups is 2. The standard InChI is InChI=1S/C8H13NO3/c1-6(2)8(12)9-5-3-4-7(10)11/h1,3-5H2,2H3,(H,9,12)(H,10,11). The summed E-state index contributed by atoms with van der Waals surface area (Å²) in [4.78, 5) is 20.9. The van der Waals surface area contributed by atoms with Gasteiger partial charge in [0.2, 0.25) is 5.91 Å². The van der Waals surface area contributed by atoms with Gasteiger partial charge >= 0.3 is 5.97 Å². The van der Waals surface area contributed by atoms with Crippen LogP contribution in [-0.2, 0) is 9.59 Å². The van der Waals surface area contributed by atoms with E-state index in [9.17, 15) is 9.59 Å². The molecule has 4 heteroatoms. The van der Waals surface area contributed by atoms with Gasteiger partial charge in [0.05, 0.1) is 0 Å². The summed E-state index contributed by atoms with van der Waals surface area (Å²) < 4.78 is 0. The highest BCUT2D eigenvalue weighted by Crippen LogP contribution is 1.89. The maximum atomic E-state index is 10.8. The Labute approximate surface area is 71.3 Å². The van der Waals surface area contributed by atoms with Crippen LogP contribution < -0.4 is 5.32 Å². The van der Waals surface area contributed by atoms with Gasteiger partial charge < -0.3 is 10.4 Å². The molecule has 0 heterocycles. The normalized spacial score (nSPS) is 9.08. The summed E-state index contributed by atoms with van der Waals surface area (Å²) in [7, 11) is 0. The molecule has 0 aliphatic heterocycles. The number of rotatable bonds is 5. The predicted molar refractivity (Wildman–Crippen MR) is 44.7 cm³/mol. The van der Waals surface area contributed by atoms with E-state index < -0.39 is 5.97 Å². The maximum Gasteiger partial charge on any atom is 0.303 e. The highest BCUT2D eigenvalue weighted by atomic mass is 16.4. The van der Waals surface area contributed by atoms with Crippen molar-refractivity contribution in [3.8, 4) is 0 Å². The van der Waals surface area contributed by atoms with Crippen LogP contribution in [0.2, 0.25) is 0 Å². The second-order valence-corrected chi connectivity index (χ2v) is 2.53. The first-order valence-corrected chi connectivity index (χ1v) is 3.69. The summed E-state index contributed by atoms with van der Waals surface area (Å²) in [6, 6.07) is 0. The van der Waals surface area contributed by atoms with Gasteiger partial charge in [-0.05, 0) is 13.3 Å². The zero-order chi connectivity index (χ0) is 9.56. The lowest BCUT2D eigenvalue weighted by molar-refractivity contribution is -0.137. The first kappa shape index (κ1) is 10.7. The first-order valence-electron chi connectivity index (χ1n) is 3.69. The molecule has 0 spiro atoms. The molecule has 0 aromatic rings. The molecule has 0 aliphatic carbocycles. The van der Waals surface area contributed by atoms with Crippen molar-refractivity contribution in [2.45, 2.75) is 19.8 Å². The summed E-state index contributed by atoms with van der Waals surface area (Å²) in [6.45, 7) is 5.43. The van der Waals surface area contributed by atoms with Gasteiger partial charge in [-0.2, -0.15) is 0 Å². The Kier molecular flexibility index (Phi) is 4.76. The van der Waals surface area contributed by atoms with Gasteiger partial charge in [0.15, 0.2) is 0 Å². The van der Waals surface area contributed by atoms with Crippen molar-refractivity contribution in [3.63, 3.8) is 0 Å². The van der Waals surface area contributed by atoms with E-state index in [1.807, 2.05) is 0 Å². The Bertz CT molecular complexity index is 198. The molecule has 68 valence electrons. The van der Waals surface area contributed by atoms with E-state index in [1.54, 1.807) is 6.92 Å². The molecule has 0 fully saturated rings. The quantitative estimate of drug-likeness (QED) is 0.468. The maximum absolute atomic E-state index is 10.8. The summed E-state index contributed by atoms with van der Waals surface area (Å²) in [6.07, 6.45) is 0.533. The van der Waals surface area contributed by atoms with E-state index in [4.69, 9.17) is 5.11 Å². The first-order chi connectivity index (χ1) is 5.54. The monoisotopic (exact) mass is 171 g/mol. The van der Waals surface area contributed by atoms with E-state index in [0.29, 0.717) is 18.5 Å². The van der Waals surface area contributed by atoms with E-state index in [-0.39, 0.29) is 12.3 Å². The van der Waals surface area contributed by atoms with Crippen molar-refractivity contribution < 1.29 is 14.7 Å². The molecular weight excluding hydrogens is 158 g/mol. The molecule has 4 nitrogen and oxygen atoms in total. The highest BCUT2D eigenvalue weighted by Gasteiger charge is 2.00. The van der Waals surface area contributed by atoms with Crippen molar-refractivity contribution >= 4 is 11.9 Å². The molecule has 12 heavy (non-hydrogen) atoms. The second kappa shape index (κ2) is 5.35. The van der Waals surface area contributed by atoms with Gasteiger partial charge in [-0.15, -0.1) is 0 Å². The van der Waals surface area contributed by atoms with Crippen LogP contribution in [0.4, 0.5) is 0 Å². The molecule has 0 saturated carbocycles. The third-order valence-electron chi connectivity index (χ3n) is 1.24. The molecule has 1 amide bonds. The zero-order valence-electron chi connectivity index (χ0n) is 7.09. The van der Waals surface area contributed by atoms with Gasteiger partial charge in [-0.25, -0.2) is 0 Å². The van der Waals surface area contributed by atoms with Crippen molar-refractivity contribution in [2.75, 3.05) is 6.54 Å². The van der Waals surface area contributed by atoms with E-state index >= 15 is 0 Å². The van der Waals surface area contributed by atoms with Crippen LogP contribution in [0.25, 0.3) is 0 Å². The van der Waals surface area contributed by atoms with Gasteiger partial charge in [-0.1, -0.05) is 6.58 Å². The number of nitrogens with one attached hydrogen (secondary N) is 1. The molecule has 2 N–H and O–H groups in total. The Morgan fingerprint density at radius 1 is 1.50 bits per heavy atom. The largest absolute Gasteiger partial charge is 0.481 e.